The maximum Gasteiger partial charge on any atom is 0.192 e. The summed E-state index contributed by atoms with van der Waals surface area (Å²) in [4.78, 5) is 12.5. The van der Waals surface area contributed by atoms with E-state index < -0.39 is 9.84 Å². The lowest BCUT2D eigenvalue weighted by Gasteiger charge is -2.22. The van der Waals surface area contributed by atoms with Crippen LogP contribution in [0.5, 0.6) is 0 Å². The van der Waals surface area contributed by atoms with E-state index in [1.807, 2.05) is 25.4 Å². The number of anilines is 2. The Morgan fingerprint density at radius 2 is 2.12 bits per heavy atom. The Bertz CT molecular complexity index is 1080. The number of aromatic nitrogens is 1. The lowest BCUT2D eigenvalue weighted by molar-refractivity contribution is 0.602. The topological polar surface area (TPSA) is 62.6 Å². The Morgan fingerprint density at radius 3 is 2.84 bits per heavy atom. The normalized spacial score (nSPS) is 13.9. The third kappa shape index (κ3) is 3.01. The van der Waals surface area contributed by atoms with E-state index in [1.54, 1.807) is 40.9 Å². The number of thiophene rings is 1. The van der Waals surface area contributed by atoms with Gasteiger partial charge in [-0.15, -0.1) is 22.7 Å². The van der Waals surface area contributed by atoms with Gasteiger partial charge in [-0.2, -0.15) is 0 Å². The predicted octanol–water partition coefficient (Wildman–Crippen LogP) is 4.11. The first-order valence-corrected chi connectivity index (χ1v) is 11.1. The van der Waals surface area contributed by atoms with Gasteiger partial charge in [0.05, 0.1) is 4.90 Å². The van der Waals surface area contributed by atoms with Gasteiger partial charge in [0.1, 0.15) is 11.7 Å². The number of aliphatic imine (C=N–C) groups is 1. The van der Waals surface area contributed by atoms with Crippen LogP contribution in [0.3, 0.4) is 0 Å². The first kappa shape index (κ1) is 16.4. The van der Waals surface area contributed by atoms with Gasteiger partial charge in [-0.25, -0.2) is 13.4 Å². The molecule has 0 unspecified atom stereocenters. The molecule has 0 amide bonds. The molecule has 0 saturated heterocycles. The van der Waals surface area contributed by atoms with Crippen LogP contribution in [0.25, 0.3) is 11.1 Å². The molecule has 0 saturated carbocycles. The molecule has 0 N–H and O–H groups in total. The predicted molar refractivity (Wildman–Crippen MR) is 104 cm³/mol. The molecule has 0 atom stereocenters. The van der Waals surface area contributed by atoms with Crippen LogP contribution in [-0.2, 0) is 9.84 Å². The number of hydrogen-bond donors (Lipinski definition) is 0. The van der Waals surface area contributed by atoms with Crippen LogP contribution in [0.4, 0.5) is 10.1 Å². The minimum atomic E-state index is -3.24. The number of rotatable bonds is 3. The van der Waals surface area contributed by atoms with Gasteiger partial charge in [0.15, 0.2) is 15.0 Å². The van der Waals surface area contributed by atoms with Gasteiger partial charge in [-0.05, 0) is 24.6 Å². The zero-order valence-electron chi connectivity index (χ0n) is 13.6. The molecule has 0 fully saturated rings. The molecule has 5 nitrogen and oxygen atoms in total. The van der Waals surface area contributed by atoms with Crippen molar-refractivity contribution in [2.45, 2.75) is 11.8 Å². The van der Waals surface area contributed by atoms with Crippen molar-refractivity contribution in [1.82, 2.24) is 4.98 Å². The summed E-state index contributed by atoms with van der Waals surface area (Å²) in [7, 11) is -3.24. The number of nitrogens with zero attached hydrogens (tertiary/aromatic N) is 3. The van der Waals surface area contributed by atoms with Crippen molar-refractivity contribution >= 4 is 48.9 Å². The minimum Gasteiger partial charge on any atom is -0.288 e. The third-order valence-electron chi connectivity index (χ3n) is 3.91. The van der Waals surface area contributed by atoms with Crippen LogP contribution in [0.2, 0.25) is 0 Å². The average molecular weight is 390 g/mol. The average Bonchev–Trinajstić information content (AvgIpc) is 3.20. The Hall–Kier alpha value is -2.03. The molecule has 0 aliphatic carbocycles. The second kappa shape index (κ2) is 6.05. The van der Waals surface area contributed by atoms with Crippen molar-refractivity contribution in [3.8, 4) is 11.1 Å². The first-order chi connectivity index (χ1) is 11.9. The zero-order valence-corrected chi connectivity index (χ0v) is 16.1. The summed E-state index contributed by atoms with van der Waals surface area (Å²) in [5, 5.41) is 4.06. The van der Waals surface area contributed by atoms with Crippen molar-refractivity contribution in [2.24, 2.45) is 4.99 Å². The molecule has 3 heterocycles. The van der Waals surface area contributed by atoms with E-state index in [1.165, 1.54) is 6.26 Å². The molecule has 8 heteroatoms. The Morgan fingerprint density at radius 1 is 1.28 bits per heavy atom. The first-order valence-electron chi connectivity index (χ1n) is 7.55. The lowest BCUT2D eigenvalue weighted by atomic mass is 10.0. The van der Waals surface area contributed by atoms with Gasteiger partial charge >= 0.3 is 0 Å². The largest absolute Gasteiger partial charge is 0.288 e. The molecule has 0 bridgehead atoms. The fraction of sp³-hybridized carbons (Fsp3) is 0.176. The fourth-order valence-electron chi connectivity index (χ4n) is 2.70. The maximum atomic E-state index is 11.8. The van der Waals surface area contributed by atoms with Crippen LogP contribution < -0.4 is 4.90 Å². The monoisotopic (exact) mass is 389 g/mol. The second-order valence-electron chi connectivity index (χ2n) is 5.80. The third-order valence-corrected chi connectivity index (χ3v) is 6.97. The summed E-state index contributed by atoms with van der Waals surface area (Å²) in [6, 6.07) is 7.05. The highest BCUT2D eigenvalue weighted by Gasteiger charge is 2.23. The summed E-state index contributed by atoms with van der Waals surface area (Å²) in [6.45, 7) is 2.58. The molecule has 1 aliphatic rings. The molecule has 0 radical (unpaired) electrons. The molecule has 0 spiro atoms. The Kier molecular flexibility index (Phi) is 3.98. The van der Waals surface area contributed by atoms with Crippen LogP contribution in [0.1, 0.15) is 10.4 Å². The summed E-state index contributed by atoms with van der Waals surface area (Å²) >= 11 is 3.26. The SMILES string of the molecule is Cc1cnc(N2CN=Cc3c(-c4cccc(S(C)(=O)=O)c4)csc32)s1. The number of aryl methyl sites for hydroxylation is 1. The lowest BCUT2D eigenvalue weighted by Crippen LogP contribution is -2.20. The fourth-order valence-corrected chi connectivity index (χ4v) is 5.24. The van der Waals surface area contributed by atoms with Crippen molar-refractivity contribution in [1.29, 1.82) is 0 Å². The van der Waals surface area contributed by atoms with Crippen molar-refractivity contribution in [2.75, 3.05) is 17.8 Å². The number of thiazole rings is 1. The van der Waals surface area contributed by atoms with E-state index in [2.05, 4.69) is 20.3 Å². The Labute approximate surface area is 154 Å². The number of sulfone groups is 1. The number of hydrogen-bond acceptors (Lipinski definition) is 7. The number of fused-ring (bicyclic) bond motifs is 1. The highest BCUT2D eigenvalue weighted by atomic mass is 32.2. The Balaban J connectivity index is 1.80. The van der Waals surface area contributed by atoms with Gasteiger partial charge in [0.2, 0.25) is 0 Å². The molecule has 3 aromatic rings. The highest BCUT2D eigenvalue weighted by Crippen LogP contribution is 2.42. The molecule has 128 valence electrons. The van der Waals surface area contributed by atoms with Crippen LogP contribution >= 0.6 is 22.7 Å². The van der Waals surface area contributed by atoms with E-state index in [9.17, 15) is 8.42 Å². The van der Waals surface area contributed by atoms with Gasteiger partial charge < -0.3 is 0 Å². The minimum absolute atomic E-state index is 0.324. The van der Waals surface area contributed by atoms with E-state index in [0.29, 0.717) is 11.6 Å². The summed E-state index contributed by atoms with van der Waals surface area (Å²) in [6.07, 6.45) is 4.95. The quantitative estimate of drug-likeness (QED) is 0.676. The molecular formula is C17H15N3O2S3. The van der Waals surface area contributed by atoms with Crippen molar-refractivity contribution < 1.29 is 8.42 Å². The van der Waals surface area contributed by atoms with E-state index in [-0.39, 0.29) is 0 Å². The number of benzene rings is 1. The molecule has 1 aliphatic heterocycles. The van der Waals surface area contributed by atoms with Crippen molar-refractivity contribution in [3.05, 3.63) is 46.3 Å². The van der Waals surface area contributed by atoms with E-state index >= 15 is 0 Å². The van der Waals surface area contributed by atoms with Gasteiger partial charge in [-0.3, -0.25) is 9.89 Å². The van der Waals surface area contributed by atoms with E-state index in [4.69, 9.17) is 0 Å². The van der Waals surface area contributed by atoms with Crippen LogP contribution in [-0.4, -0.2) is 32.5 Å². The van der Waals surface area contributed by atoms with Gasteiger partial charge in [0.25, 0.3) is 0 Å². The maximum absolute atomic E-state index is 11.8. The molecule has 25 heavy (non-hydrogen) atoms. The molecule has 4 rings (SSSR count). The summed E-state index contributed by atoms with van der Waals surface area (Å²) in [5.41, 5.74) is 2.88. The molecular weight excluding hydrogens is 374 g/mol. The van der Waals surface area contributed by atoms with Crippen molar-refractivity contribution in [3.63, 3.8) is 0 Å². The van der Waals surface area contributed by atoms with Crippen LogP contribution in [0.15, 0.2) is 45.7 Å². The smallest absolute Gasteiger partial charge is 0.192 e. The standard InChI is InChI=1S/C17H15N3O2S3/c1-11-7-19-17(24-11)20-10-18-8-14-15(9-23-16(14)20)12-4-3-5-13(6-12)25(2,21)22/h3-9H,10H2,1-2H3. The second-order valence-corrected chi connectivity index (χ2v) is 9.89. The zero-order chi connectivity index (χ0) is 17.6. The van der Waals surface area contributed by atoms with Gasteiger partial charge in [0, 0.05) is 40.1 Å². The van der Waals surface area contributed by atoms with Crippen LogP contribution in [0, 0.1) is 6.92 Å². The summed E-state index contributed by atoms with van der Waals surface area (Å²) < 4.78 is 23.7. The highest BCUT2D eigenvalue weighted by molar-refractivity contribution is 7.90. The van der Waals surface area contributed by atoms with E-state index in [0.717, 1.165) is 31.7 Å². The molecule has 2 aromatic heterocycles. The van der Waals surface area contributed by atoms with Gasteiger partial charge in [-0.1, -0.05) is 12.1 Å². The molecule has 1 aromatic carbocycles. The summed E-state index contributed by atoms with van der Waals surface area (Å²) in [5.74, 6) is 0.